The van der Waals surface area contributed by atoms with Crippen molar-refractivity contribution in [1.29, 1.82) is 0 Å². The van der Waals surface area contributed by atoms with Gasteiger partial charge in [0.05, 0.1) is 6.61 Å². The molecular weight excluding hydrogens is 192 g/mol. The van der Waals surface area contributed by atoms with E-state index in [1.54, 1.807) is 6.92 Å². The molecule has 3 heteroatoms. The fraction of sp³-hybridized carbons (Fsp3) is 0.750. The van der Waals surface area contributed by atoms with Crippen LogP contribution in [0.2, 0.25) is 0 Å². The molecule has 0 aromatic heterocycles. The maximum atomic E-state index is 11.0. The van der Waals surface area contributed by atoms with Gasteiger partial charge in [0.15, 0.2) is 0 Å². The number of aliphatic hydroxyl groups excluding tert-OH is 1. The van der Waals surface area contributed by atoms with E-state index < -0.39 is 12.1 Å². The highest BCUT2D eigenvalue weighted by Gasteiger charge is 2.12. The van der Waals surface area contributed by atoms with Crippen molar-refractivity contribution < 1.29 is 14.6 Å². The Morgan fingerprint density at radius 3 is 2.60 bits per heavy atom. The molecule has 0 aliphatic carbocycles. The first-order chi connectivity index (χ1) is 7.11. The number of hydrogen-bond donors (Lipinski definition) is 1. The van der Waals surface area contributed by atoms with Gasteiger partial charge in [0.1, 0.15) is 0 Å². The van der Waals surface area contributed by atoms with E-state index >= 15 is 0 Å². The maximum Gasteiger partial charge on any atom is 0.347 e. The van der Waals surface area contributed by atoms with Crippen molar-refractivity contribution >= 4 is 5.97 Å². The van der Waals surface area contributed by atoms with Crippen LogP contribution < -0.4 is 0 Å². The normalized spacial score (nSPS) is 13.6. The van der Waals surface area contributed by atoms with Crippen LogP contribution in [-0.4, -0.2) is 23.8 Å². The number of aliphatic hydroxyl groups is 1. The molecule has 3 nitrogen and oxygen atoms in total. The maximum absolute atomic E-state index is 11.0. The molecule has 0 aromatic rings. The quantitative estimate of drug-likeness (QED) is 0.557. The predicted molar refractivity (Wildman–Crippen MR) is 59.1 cm³/mol. The molecule has 0 aromatic carbocycles. The SMILES string of the molecule is CCCCC(C)C#CC(O)C(=O)OCC. The lowest BCUT2D eigenvalue weighted by Crippen LogP contribution is -2.21. The minimum absolute atomic E-state index is 0.217. The van der Waals surface area contributed by atoms with Crippen molar-refractivity contribution in [3.63, 3.8) is 0 Å². The zero-order chi connectivity index (χ0) is 11.7. The van der Waals surface area contributed by atoms with Gasteiger partial charge in [-0.25, -0.2) is 4.79 Å². The van der Waals surface area contributed by atoms with E-state index in [4.69, 9.17) is 0 Å². The summed E-state index contributed by atoms with van der Waals surface area (Å²) in [4.78, 5) is 11.0. The summed E-state index contributed by atoms with van der Waals surface area (Å²) >= 11 is 0. The molecule has 0 heterocycles. The smallest absolute Gasteiger partial charge is 0.347 e. The molecule has 2 unspecified atom stereocenters. The van der Waals surface area contributed by atoms with Gasteiger partial charge in [-0.15, -0.1) is 0 Å². The molecule has 2 atom stereocenters. The minimum atomic E-state index is -1.30. The predicted octanol–water partition coefficient (Wildman–Crippen LogP) is 1.74. The zero-order valence-corrected chi connectivity index (χ0v) is 9.75. The van der Waals surface area contributed by atoms with Crippen LogP contribution in [0.3, 0.4) is 0 Å². The Balaban J connectivity index is 3.97. The Bertz CT molecular complexity index is 237. The second-order valence-electron chi connectivity index (χ2n) is 3.49. The topological polar surface area (TPSA) is 46.5 Å². The second-order valence-corrected chi connectivity index (χ2v) is 3.49. The average molecular weight is 212 g/mol. The molecule has 0 aliphatic heterocycles. The van der Waals surface area contributed by atoms with Crippen LogP contribution in [0.15, 0.2) is 0 Å². The Morgan fingerprint density at radius 2 is 2.07 bits per heavy atom. The van der Waals surface area contributed by atoms with Gasteiger partial charge in [-0.2, -0.15) is 0 Å². The fourth-order valence-electron chi connectivity index (χ4n) is 1.08. The number of rotatable bonds is 5. The number of ether oxygens (including phenoxy) is 1. The zero-order valence-electron chi connectivity index (χ0n) is 9.75. The van der Waals surface area contributed by atoms with Crippen molar-refractivity contribution in [2.45, 2.75) is 46.1 Å². The minimum Gasteiger partial charge on any atom is -0.463 e. The Hall–Kier alpha value is -1.01. The Morgan fingerprint density at radius 1 is 1.40 bits per heavy atom. The molecule has 15 heavy (non-hydrogen) atoms. The van der Waals surface area contributed by atoms with Gasteiger partial charge in [0.25, 0.3) is 0 Å². The highest BCUT2D eigenvalue weighted by molar-refractivity contribution is 5.77. The van der Waals surface area contributed by atoms with Gasteiger partial charge in [-0.3, -0.25) is 0 Å². The third-order valence-corrected chi connectivity index (χ3v) is 1.97. The fourth-order valence-corrected chi connectivity index (χ4v) is 1.08. The third-order valence-electron chi connectivity index (χ3n) is 1.97. The summed E-state index contributed by atoms with van der Waals surface area (Å²) < 4.78 is 4.63. The number of carbonyl (C=O) groups excluding carboxylic acids is 1. The van der Waals surface area contributed by atoms with Gasteiger partial charge in [-0.05, 0) is 13.3 Å². The summed E-state index contributed by atoms with van der Waals surface area (Å²) in [5, 5.41) is 9.27. The van der Waals surface area contributed by atoms with E-state index in [2.05, 4.69) is 23.5 Å². The molecule has 86 valence electrons. The summed E-state index contributed by atoms with van der Waals surface area (Å²) in [6.45, 7) is 6.07. The summed E-state index contributed by atoms with van der Waals surface area (Å²) in [5.74, 6) is 4.92. The number of carbonyl (C=O) groups is 1. The molecule has 0 fully saturated rings. The lowest BCUT2D eigenvalue weighted by atomic mass is 10.1. The largest absolute Gasteiger partial charge is 0.463 e. The van der Waals surface area contributed by atoms with Crippen LogP contribution in [0.1, 0.15) is 40.0 Å². The standard InChI is InChI=1S/C12H20O3/c1-4-6-7-10(3)8-9-11(13)12(14)15-5-2/h10-11,13H,4-7H2,1-3H3. The first-order valence-electron chi connectivity index (χ1n) is 5.47. The van der Waals surface area contributed by atoms with E-state index in [0.29, 0.717) is 0 Å². The van der Waals surface area contributed by atoms with E-state index in [9.17, 15) is 9.90 Å². The highest BCUT2D eigenvalue weighted by Crippen LogP contribution is 2.05. The van der Waals surface area contributed by atoms with Gasteiger partial charge >= 0.3 is 5.97 Å². The van der Waals surface area contributed by atoms with Crippen LogP contribution in [0, 0.1) is 17.8 Å². The van der Waals surface area contributed by atoms with Crippen LogP contribution >= 0.6 is 0 Å². The molecule has 0 aliphatic rings. The van der Waals surface area contributed by atoms with Crippen molar-refractivity contribution in [2.24, 2.45) is 5.92 Å². The lowest BCUT2D eigenvalue weighted by molar-refractivity contribution is -0.149. The number of unbranched alkanes of at least 4 members (excludes halogenated alkanes) is 1. The summed E-state index contributed by atoms with van der Waals surface area (Å²) in [5.41, 5.74) is 0. The molecule has 0 radical (unpaired) electrons. The summed E-state index contributed by atoms with van der Waals surface area (Å²) in [6, 6.07) is 0. The van der Waals surface area contributed by atoms with Crippen molar-refractivity contribution in [1.82, 2.24) is 0 Å². The van der Waals surface area contributed by atoms with Crippen LogP contribution in [0.5, 0.6) is 0 Å². The molecule has 0 spiro atoms. The van der Waals surface area contributed by atoms with E-state index in [1.165, 1.54) is 0 Å². The van der Waals surface area contributed by atoms with Crippen molar-refractivity contribution in [2.75, 3.05) is 6.61 Å². The van der Waals surface area contributed by atoms with Crippen LogP contribution in [0.25, 0.3) is 0 Å². The van der Waals surface area contributed by atoms with E-state index in [1.807, 2.05) is 6.92 Å². The molecule has 0 saturated carbocycles. The molecule has 0 rings (SSSR count). The average Bonchev–Trinajstić information content (AvgIpc) is 2.23. The number of esters is 1. The van der Waals surface area contributed by atoms with Crippen molar-refractivity contribution in [3.05, 3.63) is 0 Å². The van der Waals surface area contributed by atoms with Crippen LogP contribution in [-0.2, 0) is 9.53 Å². The third kappa shape index (κ3) is 6.98. The summed E-state index contributed by atoms with van der Waals surface area (Å²) in [6.07, 6.45) is 1.95. The highest BCUT2D eigenvalue weighted by atomic mass is 16.5. The molecular formula is C12H20O3. The molecule has 1 N–H and O–H groups in total. The van der Waals surface area contributed by atoms with Gasteiger partial charge in [-0.1, -0.05) is 38.5 Å². The van der Waals surface area contributed by atoms with Gasteiger partial charge < -0.3 is 9.84 Å². The summed E-state index contributed by atoms with van der Waals surface area (Å²) in [7, 11) is 0. The van der Waals surface area contributed by atoms with Gasteiger partial charge in [0.2, 0.25) is 6.10 Å². The van der Waals surface area contributed by atoms with Crippen LogP contribution in [0.4, 0.5) is 0 Å². The van der Waals surface area contributed by atoms with E-state index in [0.717, 1.165) is 19.3 Å². The molecule has 0 saturated heterocycles. The Kier molecular flexibility index (Phi) is 7.75. The lowest BCUT2D eigenvalue weighted by Gasteiger charge is -2.04. The molecule has 0 amide bonds. The van der Waals surface area contributed by atoms with Crippen molar-refractivity contribution in [3.8, 4) is 11.8 Å². The monoisotopic (exact) mass is 212 g/mol. The van der Waals surface area contributed by atoms with Gasteiger partial charge in [0, 0.05) is 5.92 Å². The Labute approximate surface area is 91.8 Å². The van der Waals surface area contributed by atoms with E-state index in [-0.39, 0.29) is 12.5 Å². The first-order valence-corrected chi connectivity index (χ1v) is 5.47. The first kappa shape index (κ1) is 14.0. The molecule has 0 bridgehead atoms. The second kappa shape index (κ2) is 8.31. The number of hydrogen-bond acceptors (Lipinski definition) is 3.